The van der Waals surface area contributed by atoms with Crippen molar-refractivity contribution in [3.63, 3.8) is 0 Å². The van der Waals surface area contributed by atoms with Gasteiger partial charge in [0.2, 0.25) is 0 Å². The summed E-state index contributed by atoms with van der Waals surface area (Å²) in [5.41, 5.74) is 0.125. The summed E-state index contributed by atoms with van der Waals surface area (Å²) >= 11 is 3.19. The molecule has 5 heteroatoms. The molecule has 0 saturated carbocycles. The number of hydrogen-bond donors (Lipinski definition) is 1. The smallest absolute Gasteiger partial charge is 0.254 e. The monoisotopic (exact) mass is 326 g/mol. The third-order valence-electron chi connectivity index (χ3n) is 4.15. The summed E-state index contributed by atoms with van der Waals surface area (Å²) in [7, 11) is 0. The van der Waals surface area contributed by atoms with Crippen LogP contribution in [0.25, 0.3) is 0 Å². The lowest BCUT2D eigenvalue weighted by atomic mass is 9.84. The molecule has 19 heavy (non-hydrogen) atoms. The van der Waals surface area contributed by atoms with Crippen molar-refractivity contribution in [1.29, 1.82) is 0 Å². The van der Waals surface area contributed by atoms with E-state index in [1.54, 1.807) is 6.07 Å². The summed E-state index contributed by atoms with van der Waals surface area (Å²) in [6.45, 7) is 3.15. The Labute approximate surface area is 120 Å². The summed E-state index contributed by atoms with van der Waals surface area (Å²) in [5.74, 6) is -0.232. The van der Waals surface area contributed by atoms with E-state index >= 15 is 0 Å². The van der Waals surface area contributed by atoms with Crippen LogP contribution in [0.5, 0.6) is 0 Å². The topological polar surface area (TPSA) is 32.3 Å². The second-order valence-electron chi connectivity index (χ2n) is 5.34. The van der Waals surface area contributed by atoms with Crippen LogP contribution < -0.4 is 5.32 Å². The first-order valence-corrected chi connectivity index (χ1v) is 7.41. The molecular weight excluding hydrogens is 311 g/mol. The maximum Gasteiger partial charge on any atom is 0.254 e. The van der Waals surface area contributed by atoms with Crippen molar-refractivity contribution in [1.82, 2.24) is 10.2 Å². The van der Waals surface area contributed by atoms with Crippen LogP contribution in [0.1, 0.15) is 23.2 Å². The van der Waals surface area contributed by atoms with Crippen molar-refractivity contribution >= 4 is 21.8 Å². The van der Waals surface area contributed by atoms with Crippen molar-refractivity contribution in [3.05, 3.63) is 34.1 Å². The number of nitrogens with one attached hydrogen (secondary N) is 1. The molecule has 4 rings (SSSR count). The maximum atomic E-state index is 13.7. The quantitative estimate of drug-likeness (QED) is 0.905. The molecule has 1 aromatic rings. The number of amides is 1. The van der Waals surface area contributed by atoms with Gasteiger partial charge < -0.3 is 10.2 Å². The summed E-state index contributed by atoms with van der Waals surface area (Å²) in [4.78, 5) is 14.5. The van der Waals surface area contributed by atoms with Gasteiger partial charge in [-0.3, -0.25) is 4.79 Å². The first-order chi connectivity index (χ1) is 9.13. The average Bonchev–Trinajstić information content (AvgIpc) is 2.39. The molecule has 3 aliphatic rings. The highest BCUT2D eigenvalue weighted by Gasteiger charge is 2.35. The minimum absolute atomic E-state index is 0.125. The first-order valence-electron chi connectivity index (χ1n) is 6.62. The van der Waals surface area contributed by atoms with Crippen molar-refractivity contribution in [3.8, 4) is 0 Å². The van der Waals surface area contributed by atoms with Gasteiger partial charge in [-0.2, -0.15) is 0 Å². The molecule has 102 valence electrons. The zero-order chi connectivity index (χ0) is 13.4. The minimum atomic E-state index is -0.479. The van der Waals surface area contributed by atoms with Gasteiger partial charge in [-0.05, 0) is 50.0 Å². The minimum Gasteiger partial charge on any atom is -0.348 e. The number of rotatable bonds is 2. The fraction of sp³-hybridized carbons (Fsp3) is 0.500. The van der Waals surface area contributed by atoms with Gasteiger partial charge in [-0.1, -0.05) is 15.9 Å². The predicted octanol–water partition coefficient (Wildman–Crippen LogP) is 2.41. The number of nitrogens with zero attached hydrogens (tertiary/aromatic N) is 1. The van der Waals surface area contributed by atoms with Crippen LogP contribution in [0.2, 0.25) is 0 Å². The predicted molar refractivity (Wildman–Crippen MR) is 74.5 cm³/mol. The molecule has 1 N–H and O–H groups in total. The Morgan fingerprint density at radius 2 is 2.11 bits per heavy atom. The molecule has 1 unspecified atom stereocenters. The molecule has 0 aromatic heterocycles. The highest BCUT2D eigenvalue weighted by Crippen LogP contribution is 2.27. The molecule has 1 aromatic carbocycles. The molecule has 3 aliphatic heterocycles. The summed E-state index contributed by atoms with van der Waals surface area (Å²) in [6, 6.07) is 4.70. The molecule has 0 spiro atoms. The fourth-order valence-electron chi connectivity index (χ4n) is 3.05. The van der Waals surface area contributed by atoms with Crippen molar-refractivity contribution in [2.45, 2.75) is 18.9 Å². The lowest BCUT2D eigenvalue weighted by Crippen LogP contribution is -2.57. The molecule has 3 saturated heterocycles. The van der Waals surface area contributed by atoms with E-state index in [-0.39, 0.29) is 17.5 Å². The maximum absolute atomic E-state index is 13.7. The number of piperidine rings is 3. The highest BCUT2D eigenvalue weighted by atomic mass is 79.9. The first kappa shape index (κ1) is 13.1. The third-order valence-corrected chi connectivity index (χ3v) is 4.64. The molecule has 1 atom stereocenters. The molecule has 3 heterocycles. The molecule has 2 bridgehead atoms. The van der Waals surface area contributed by atoms with E-state index in [2.05, 4.69) is 26.1 Å². The van der Waals surface area contributed by atoms with E-state index < -0.39 is 5.82 Å². The molecule has 1 amide bonds. The number of hydrogen-bond acceptors (Lipinski definition) is 2. The van der Waals surface area contributed by atoms with E-state index in [0.717, 1.165) is 32.5 Å². The Kier molecular flexibility index (Phi) is 3.58. The van der Waals surface area contributed by atoms with Gasteiger partial charge in [0.15, 0.2) is 0 Å². The lowest BCUT2D eigenvalue weighted by Gasteiger charge is -2.44. The SMILES string of the molecule is O=C(NC1CN2CCC1CC2)c1ccc(Br)cc1F. The Bertz CT molecular complexity index is 500. The summed E-state index contributed by atoms with van der Waals surface area (Å²) in [5, 5.41) is 2.99. The van der Waals surface area contributed by atoms with Crippen molar-refractivity contribution < 1.29 is 9.18 Å². The average molecular weight is 327 g/mol. The van der Waals surface area contributed by atoms with E-state index in [9.17, 15) is 9.18 Å². The largest absolute Gasteiger partial charge is 0.348 e. The van der Waals surface area contributed by atoms with Gasteiger partial charge in [-0.15, -0.1) is 0 Å². The molecule has 3 fully saturated rings. The number of carbonyl (C=O) groups excluding carboxylic acids is 1. The molecule has 3 nitrogen and oxygen atoms in total. The summed E-state index contributed by atoms with van der Waals surface area (Å²) < 4.78 is 14.4. The van der Waals surface area contributed by atoms with Gasteiger partial charge in [-0.25, -0.2) is 4.39 Å². The second-order valence-corrected chi connectivity index (χ2v) is 6.26. The van der Waals surface area contributed by atoms with Crippen molar-refractivity contribution in [2.75, 3.05) is 19.6 Å². The zero-order valence-electron chi connectivity index (χ0n) is 10.5. The Hall–Kier alpha value is -0.940. The van der Waals surface area contributed by atoms with E-state index in [0.29, 0.717) is 10.4 Å². The number of benzene rings is 1. The normalized spacial score (nSPS) is 29.3. The van der Waals surface area contributed by atoms with Crippen LogP contribution in [0.3, 0.4) is 0 Å². The molecule has 0 aliphatic carbocycles. The molecular formula is C14H16BrFN2O. The zero-order valence-corrected chi connectivity index (χ0v) is 12.1. The highest BCUT2D eigenvalue weighted by molar-refractivity contribution is 9.10. The van der Waals surface area contributed by atoms with Crippen LogP contribution in [0, 0.1) is 11.7 Å². The van der Waals surface area contributed by atoms with Crippen LogP contribution >= 0.6 is 15.9 Å². The van der Waals surface area contributed by atoms with E-state index in [1.165, 1.54) is 12.1 Å². The van der Waals surface area contributed by atoms with Gasteiger partial charge in [0.1, 0.15) is 5.82 Å². The van der Waals surface area contributed by atoms with Crippen LogP contribution in [-0.4, -0.2) is 36.5 Å². The number of carbonyl (C=O) groups is 1. The van der Waals surface area contributed by atoms with Crippen LogP contribution in [0.15, 0.2) is 22.7 Å². The van der Waals surface area contributed by atoms with Gasteiger partial charge >= 0.3 is 0 Å². The Balaban J connectivity index is 1.71. The van der Waals surface area contributed by atoms with Crippen molar-refractivity contribution in [2.24, 2.45) is 5.92 Å². The second kappa shape index (κ2) is 5.21. The molecule has 0 radical (unpaired) electrons. The third kappa shape index (κ3) is 2.67. The van der Waals surface area contributed by atoms with Crippen LogP contribution in [0.4, 0.5) is 4.39 Å². The summed E-state index contributed by atoms with van der Waals surface area (Å²) in [6.07, 6.45) is 2.27. The standard InChI is InChI=1S/C14H16BrFN2O/c15-10-1-2-11(12(16)7-10)14(19)17-13-8-18-5-3-9(13)4-6-18/h1-2,7,9,13H,3-6,8H2,(H,17,19). The van der Waals surface area contributed by atoms with Gasteiger partial charge in [0.25, 0.3) is 5.91 Å². The lowest BCUT2D eigenvalue weighted by molar-refractivity contribution is 0.0618. The van der Waals surface area contributed by atoms with Gasteiger partial charge in [0.05, 0.1) is 5.56 Å². The van der Waals surface area contributed by atoms with E-state index in [1.807, 2.05) is 0 Å². The van der Waals surface area contributed by atoms with Gasteiger partial charge in [0, 0.05) is 17.1 Å². The Morgan fingerprint density at radius 3 is 2.68 bits per heavy atom. The number of halogens is 2. The fourth-order valence-corrected chi connectivity index (χ4v) is 3.38. The Morgan fingerprint density at radius 1 is 1.37 bits per heavy atom. The number of fused-ring (bicyclic) bond motifs is 3. The van der Waals surface area contributed by atoms with E-state index in [4.69, 9.17) is 0 Å². The van der Waals surface area contributed by atoms with Crippen LogP contribution in [-0.2, 0) is 0 Å².